The van der Waals surface area contributed by atoms with Crippen molar-refractivity contribution in [2.45, 2.75) is 30.6 Å². The number of esters is 1. The predicted octanol–water partition coefficient (Wildman–Crippen LogP) is 4.20. The molecule has 3 heterocycles. The molecule has 0 atom stereocenters. The maximum Gasteiger partial charge on any atom is 0.331 e. The van der Waals surface area contributed by atoms with Crippen LogP contribution in [0.3, 0.4) is 0 Å². The molecule has 0 fully saturated rings. The average Bonchev–Trinajstić information content (AvgIpc) is 3.30. The molecule has 0 aliphatic rings. The van der Waals surface area contributed by atoms with E-state index in [2.05, 4.69) is 4.98 Å². The molecule has 0 radical (unpaired) electrons. The van der Waals surface area contributed by atoms with Crippen molar-refractivity contribution in [1.29, 1.82) is 0 Å². The van der Waals surface area contributed by atoms with E-state index in [-0.39, 0.29) is 4.21 Å². The zero-order valence-corrected chi connectivity index (χ0v) is 17.3. The fraction of sp³-hybridized carbons (Fsp3) is 0.200. The first-order valence-corrected chi connectivity index (χ1v) is 10.8. The van der Waals surface area contributed by atoms with Crippen molar-refractivity contribution >= 4 is 33.4 Å². The number of thiophene rings is 1. The molecule has 0 saturated heterocycles. The number of carbonyl (C=O) groups excluding carboxylic acids is 1. The summed E-state index contributed by atoms with van der Waals surface area (Å²) in [5.41, 5.74) is 0.722. The molecule has 0 bridgehead atoms. The molecule has 146 valence electrons. The van der Waals surface area contributed by atoms with Crippen LogP contribution < -0.4 is 0 Å². The molecule has 3 aromatic rings. The van der Waals surface area contributed by atoms with Crippen LogP contribution in [0.15, 0.2) is 65.3 Å². The molecule has 0 aromatic carbocycles. The summed E-state index contributed by atoms with van der Waals surface area (Å²) in [5, 5.41) is 0. The number of ether oxygens (including phenoxy) is 1. The van der Waals surface area contributed by atoms with Crippen molar-refractivity contribution in [3.8, 4) is 10.6 Å². The highest BCUT2D eigenvalue weighted by Gasteiger charge is 2.20. The Morgan fingerprint density at radius 3 is 2.64 bits per heavy atom. The van der Waals surface area contributed by atoms with Gasteiger partial charge in [0.2, 0.25) is 0 Å². The minimum Gasteiger partial charge on any atom is -0.457 e. The van der Waals surface area contributed by atoms with Gasteiger partial charge in [0.15, 0.2) is 0 Å². The van der Waals surface area contributed by atoms with E-state index < -0.39 is 21.6 Å². The summed E-state index contributed by atoms with van der Waals surface area (Å²) in [6.45, 7) is 5.34. The van der Waals surface area contributed by atoms with E-state index in [0.29, 0.717) is 5.56 Å². The zero-order chi connectivity index (χ0) is 20.4. The highest BCUT2D eigenvalue weighted by Crippen LogP contribution is 2.30. The number of aromatic nitrogens is 2. The minimum atomic E-state index is -3.72. The quantitative estimate of drug-likeness (QED) is 0.460. The van der Waals surface area contributed by atoms with Crippen LogP contribution in [0, 0.1) is 0 Å². The van der Waals surface area contributed by atoms with Gasteiger partial charge in [0.05, 0.1) is 10.6 Å². The molecule has 3 rings (SSSR count). The van der Waals surface area contributed by atoms with Crippen molar-refractivity contribution in [2.75, 3.05) is 0 Å². The molecule has 28 heavy (non-hydrogen) atoms. The number of hydrogen-bond donors (Lipinski definition) is 0. The first-order chi connectivity index (χ1) is 13.1. The lowest BCUT2D eigenvalue weighted by molar-refractivity contribution is -0.148. The molecule has 0 amide bonds. The third kappa shape index (κ3) is 4.76. The summed E-state index contributed by atoms with van der Waals surface area (Å²) in [6.07, 6.45) is 7.37. The van der Waals surface area contributed by atoms with Gasteiger partial charge in [0.25, 0.3) is 10.0 Å². The molecule has 0 unspecified atom stereocenters. The lowest BCUT2D eigenvalue weighted by Gasteiger charge is -2.17. The van der Waals surface area contributed by atoms with Gasteiger partial charge < -0.3 is 4.74 Å². The molecule has 3 aromatic heterocycles. The number of rotatable bonds is 5. The zero-order valence-electron chi connectivity index (χ0n) is 15.7. The van der Waals surface area contributed by atoms with Gasteiger partial charge in [-0.05, 0) is 62.7 Å². The Hall–Kier alpha value is -2.71. The Labute approximate surface area is 168 Å². The van der Waals surface area contributed by atoms with Crippen LogP contribution in [0.5, 0.6) is 0 Å². The number of nitrogens with zero attached hydrogens (tertiary/aromatic N) is 2. The Morgan fingerprint density at radius 2 is 1.96 bits per heavy atom. The van der Waals surface area contributed by atoms with Crippen molar-refractivity contribution < 1.29 is 17.9 Å². The Kier molecular flexibility index (Phi) is 5.53. The third-order valence-corrected chi connectivity index (χ3v) is 6.75. The molecule has 6 nitrogen and oxygen atoms in total. The van der Waals surface area contributed by atoms with E-state index in [0.717, 1.165) is 25.9 Å². The summed E-state index contributed by atoms with van der Waals surface area (Å²) in [6, 6.07) is 10.4. The third-order valence-electron chi connectivity index (χ3n) is 3.54. The van der Waals surface area contributed by atoms with Gasteiger partial charge in [-0.25, -0.2) is 8.77 Å². The summed E-state index contributed by atoms with van der Waals surface area (Å²) in [4.78, 5) is 16.8. The van der Waals surface area contributed by atoms with Crippen molar-refractivity contribution in [1.82, 2.24) is 8.96 Å². The summed E-state index contributed by atoms with van der Waals surface area (Å²) >= 11 is 1.16. The molecular formula is C20H20N2O4S2. The molecule has 0 spiro atoms. The van der Waals surface area contributed by atoms with Gasteiger partial charge in [-0.3, -0.25) is 4.98 Å². The van der Waals surface area contributed by atoms with Gasteiger partial charge in [0.1, 0.15) is 9.81 Å². The van der Waals surface area contributed by atoms with Crippen LogP contribution in [-0.2, 0) is 19.6 Å². The minimum absolute atomic E-state index is 0.214. The Bertz CT molecular complexity index is 1100. The molecular weight excluding hydrogens is 396 g/mol. The highest BCUT2D eigenvalue weighted by molar-refractivity contribution is 7.92. The number of carbonyl (C=O) groups is 1. The lowest BCUT2D eigenvalue weighted by Crippen LogP contribution is -2.22. The van der Waals surface area contributed by atoms with Crippen LogP contribution in [0.4, 0.5) is 0 Å². The normalized spacial score (nSPS) is 12.4. The lowest BCUT2D eigenvalue weighted by atomic mass is 10.2. The van der Waals surface area contributed by atoms with Gasteiger partial charge in [-0.1, -0.05) is 6.07 Å². The van der Waals surface area contributed by atoms with Crippen LogP contribution >= 0.6 is 11.3 Å². The number of hydrogen-bond acceptors (Lipinski definition) is 6. The van der Waals surface area contributed by atoms with E-state index in [4.69, 9.17) is 4.74 Å². The van der Waals surface area contributed by atoms with Gasteiger partial charge in [0, 0.05) is 24.7 Å². The molecule has 0 aliphatic heterocycles. The fourth-order valence-electron chi connectivity index (χ4n) is 2.35. The average molecular weight is 417 g/mol. The topological polar surface area (TPSA) is 78.3 Å². The summed E-state index contributed by atoms with van der Waals surface area (Å²) < 4.78 is 32.3. The van der Waals surface area contributed by atoms with Gasteiger partial charge >= 0.3 is 5.97 Å². The second kappa shape index (κ2) is 7.73. The Balaban J connectivity index is 1.79. The van der Waals surface area contributed by atoms with Crippen LogP contribution in [0.25, 0.3) is 16.6 Å². The van der Waals surface area contributed by atoms with E-state index in [1.165, 1.54) is 24.5 Å². The molecule has 8 heteroatoms. The molecule has 0 saturated carbocycles. The fourth-order valence-corrected chi connectivity index (χ4v) is 4.94. The standard InChI is InChI=1S/C20H20N2O4S2/c1-20(2,3)26-18(23)9-7-15-11-13-22(14-15)28(24,25)19-10-8-17(27-19)16-6-4-5-12-21-16/h4-14H,1-3H3/b9-7+. The van der Waals surface area contributed by atoms with E-state index >= 15 is 0 Å². The number of pyridine rings is 1. The largest absolute Gasteiger partial charge is 0.457 e. The predicted molar refractivity (Wildman–Crippen MR) is 109 cm³/mol. The smallest absolute Gasteiger partial charge is 0.331 e. The van der Waals surface area contributed by atoms with Crippen molar-refractivity contribution in [3.05, 3.63) is 66.6 Å². The molecule has 0 N–H and O–H groups in total. The maximum absolute atomic E-state index is 12.9. The van der Waals surface area contributed by atoms with E-state index in [9.17, 15) is 13.2 Å². The van der Waals surface area contributed by atoms with Crippen LogP contribution in [0.1, 0.15) is 26.3 Å². The van der Waals surface area contributed by atoms with Crippen LogP contribution in [-0.4, -0.2) is 28.9 Å². The summed E-state index contributed by atoms with van der Waals surface area (Å²) in [5.74, 6) is -0.485. The monoisotopic (exact) mass is 416 g/mol. The van der Waals surface area contributed by atoms with E-state index in [1.807, 2.05) is 12.1 Å². The summed E-state index contributed by atoms with van der Waals surface area (Å²) in [7, 11) is -3.72. The first-order valence-electron chi connectivity index (χ1n) is 8.51. The molecule has 0 aliphatic carbocycles. The van der Waals surface area contributed by atoms with Crippen molar-refractivity contribution in [3.63, 3.8) is 0 Å². The second-order valence-corrected chi connectivity index (χ2v) is 10.1. The Morgan fingerprint density at radius 1 is 1.18 bits per heavy atom. The maximum atomic E-state index is 12.9. The van der Waals surface area contributed by atoms with Crippen LogP contribution in [0.2, 0.25) is 0 Å². The second-order valence-electron chi connectivity index (χ2n) is 6.98. The van der Waals surface area contributed by atoms with Crippen molar-refractivity contribution in [2.24, 2.45) is 0 Å². The van der Waals surface area contributed by atoms with Gasteiger partial charge in [-0.2, -0.15) is 8.42 Å². The first kappa shape index (κ1) is 20.0. The highest BCUT2D eigenvalue weighted by atomic mass is 32.2. The van der Waals surface area contributed by atoms with E-state index in [1.54, 1.807) is 51.2 Å². The van der Waals surface area contributed by atoms with Gasteiger partial charge in [-0.15, -0.1) is 11.3 Å². The SMILES string of the molecule is CC(C)(C)OC(=O)/C=C/c1ccn(S(=O)(=O)c2ccc(-c3ccccn3)s2)c1.